The van der Waals surface area contributed by atoms with Gasteiger partial charge in [0.2, 0.25) is 5.82 Å². The average molecular weight is 476 g/mol. The van der Waals surface area contributed by atoms with Gasteiger partial charge >= 0.3 is 6.18 Å². The maximum Gasteiger partial charge on any atom is 0.389 e. The SMILES string of the molecule is CCOC(C(=O)Nc1ccnc(CO)c1)[C@H](c1ccc(F)c(F)c1OC)[C@H](C)CC(F)(F)F. The number of nitrogens with one attached hydrogen (secondary N) is 1. The number of hydrogen-bond donors (Lipinski definition) is 2. The van der Waals surface area contributed by atoms with Gasteiger partial charge in [0.05, 0.1) is 19.4 Å². The summed E-state index contributed by atoms with van der Waals surface area (Å²) in [6.45, 7) is 2.35. The Balaban J connectivity index is 2.55. The zero-order valence-corrected chi connectivity index (χ0v) is 18.2. The molecule has 0 saturated heterocycles. The number of aliphatic hydroxyl groups is 1. The highest BCUT2D eigenvalue weighted by molar-refractivity contribution is 5.95. The van der Waals surface area contributed by atoms with Crippen molar-refractivity contribution in [2.24, 2.45) is 5.92 Å². The number of hydrogen-bond acceptors (Lipinski definition) is 5. The number of benzene rings is 1. The van der Waals surface area contributed by atoms with E-state index in [1.807, 2.05) is 0 Å². The Morgan fingerprint density at radius 3 is 2.52 bits per heavy atom. The fraction of sp³-hybridized carbons (Fsp3) is 0.455. The highest BCUT2D eigenvalue weighted by Crippen LogP contribution is 2.42. The number of ether oxygens (including phenoxy) is 2. The van der Waals surface area contributed by atoms with E-state index in [1.165, 1.54) is 25.3 Å². The Labute approximate surface area is 187 Å². The molecule has 2 rings (SSSR count). The molecule has 182 valence electrons. The molecule has 1 amide bonds. The number of aromatic nitrogens is 1. The lowest BCUT2D eigenvalue weighted by Crippen LogP contribution is -2.40. The van der Waals surface area contributed by atoms with Crippen molar-refractivity contribution < 1.29 is 41.3 Å². The van der Waals surface area contributed by atoms with Gasteiger partial charge in [0.25, 0.3) is 5.91 Å². The van der Waals surface area contributed by atoms with Gasteiger partial charge < -0.3 is 19.9 Å². The largest absolute Gasteiger partial charge is 0.493 e. The zero-order valence-electron chi connectivity index (χ0n) is 18.2. The van der Waals surface area contributed by atoms with Crippen LogP contribution in [-0.4, -0.2) is 42.0 Å². The van der Waals surface area contributed by atoms with Gasteiger partial charge in [-0.15, -0.1) is 0 Å². The van der Waals surface area contributed by atoms with Gasteiger partial charge in [-0.2, -0.15) is 17.6 Å². The van der Waals surface area contributed by atoms with Crippen LogP contribution >= 0.6 is 0 Å². The Hall–Kier alpha value is -2.79. The normalized spacial score (nSPS) is 14.5. The number of pyridine rings is 1. The number of methoxy groups -OCH3 is 1. The maximum absolute atomic E-state index is 14.4. The van der Waals surface area contributed by atoms with E-state index in [0.717, 1.165) is 19.2 Å². The number of alkyl halides is 3. The van der Waals surface area contributed by atoms with Crippen LogP contribution < -0.4 is 10.1 Å². The van der Waals surface area contributed by atoms with E-state index in [2.05, 4.69) is 10.3 Å². The van der Waals surface area contributed by atoms with Crippen LogP contribution in [0.4, 0.5) is 27.6 Å². The first-order chi connectivity index (χ1) is 15.5. The topological polar surface area (TPSA) is 80.7 Å². The molecule has 1 heterocycles. The Morgan fingerprint density at radius 1 is 1.24 bits per heavy atom. The lowest BCUT2D eigenvalue weighted by atomic mass is 9.79. The van der Waals surface area contributed by atoms with E-state index in [0.29, 0.717) is 0 Å². The molecule has 2 N–H and O–H groups in total. The fourth-order valence-electron chi connectivity index (χ4n) is 3.65. The van der Waals surface area contributed by atoms with Crippen LogP contribution in [0.3, 0.4) is 0 Å². The number of anilines is 1. The summed E-state index contributed by atoms with van der Waals surface area (Å²) in [6.07, 6.45) is -6.06. The van der Waals surface area contributed by atoms with Crippen LogP contribution in [-0.2, 0) is 16.1 Å². The second-order valence-corrected chi connectivity index (χ2v) is 7.37. The van der Waals surface area contributed by atoms with Crippen molar-refractivity contribution in [1.82, 2.24) is 4.98 Å². The first kappa shape index (κ1) is 26.5. The third-order valence-electron chi connectivity index (χ3n) is 4.99. The lowest BCUT2D eigenvalue weighted by Gasteiger charge is -2.32. The molecule has 1 aromatic heterocycles. The molecule has 0 radical (unpaired) electrons. The van der Waals surface area contributed by atoms with E-state index >= 15 is 0 Å². The van der Waals surface area contributed by atoms with Crippen molar-refractivity contribution in [3.63, 3.8) is 0 Å². The van der Waals surface area contributed by atoms with Crippen molar-refractivity contribution in [3.05, 3.63) is 53.4 Å². The van der Waals surface area contributed by atoms with Crippen LogP contribution in [0.15, 0.2) is 30.5 Å². The van der Waals surface area contributed by atoms with Crippen LogP contribution in [0.1, 0.15) is 37.4 Å². The molecule has 0 bridgehead atoms. The van der Waals surface area contributed by atoms with Crippen LogP contribution in [0.2, 0.25) is 0 Å². The second-order valence-electron chi connectivity index (χ2n) is 7.37. The van der Waals surface area contributed by atoms with E-state index < -0.39 is 60.4 Å². The van der Waals surface area contributed by atoms with E-state index in [-0.39, 0.29) is 23.6 Å². The molecule has 0 spiro atoms. The second kappa shape index (κ2) is 11.4. The summed E-state index contributed by atoms with van der Waals surface area (Å²) in [7, 11) is 1.05. The number of halogens is 5. The first-order valence-corrected chi connectivity index (χ1v) is 10.1. The van der Waals surface area contributed by atoms with Crippen molar-refractivity contribution in [2.75, 3.05) is 19.0 Å². The number of amides is 1. The number of carbonyl (C=O) groups is 1. The lowest BCUT2D eigenvalue weighted by molar-refractivity contribution is -0.150. The van der Waals surface area contributed by atoms with Gasteiger partial charge in [0, 0.05) is 36.4 Å². The Morgan fingerprint density at radius 2 is 1.94 bits per heavy atom. The van der Waals surface area contributed by atoms with E-state index in [4.69, 9.17) is 9.47 Å². The predicted molar refractivity (Wildman–Crippen MR) is 110 cm³/mol. The standard InChI is InChI=1S/C22H25F5N2O4/c1-4-33-20(21(31)29-13-7-8-28-14(9-13)11-30)17(12(2)10-22(25,26)27)15-5-6-16(23)18(24)19(15)32-3/h5-9,12,17,20,30H,4,10-11H2,1-3H3,(H,28,29,31)/t12-,17+,20?/m1/s1. The number of nitrogens with zero attached hydrogens (tertiary/aromatic N) is 1. The molecule has 0 aliphatic heterocycles. The van der Waals surface area contributed by atoms with Gasteiger partial charge in [0.1, 0.15) is 6.10 Å². The molecule has 0 aliphatic carbocycles. The maximum atomic E-state index is 14.4. The molecule has 0 saturated carbocycles. The minimum atomic E-state index is -4.59. The average Bonchev–Trinajstić information content (AvgIpc) is 2.74. The monoisotopic (exact) mass is 476 g/mol. The highest BCUT2D eigenvalue weighted by atomic mass is 19.4. The summed E-state index contributed by atoms with van der Waals surface area (Å²) in [6, 6.07) is 4.65. The first-order valence-electron chi connectivity index (χ1n) is 10.1. The molecule has 2 aromatic rings. The number of rotatable bonds is 10. The third-order valence-corrected chi connectivity index (χ3v) is 4.99. The molecule has 0 fully saturated rings. The van der Waals surface area contributed by atoms with Gasteiger partial charge in [-0.3, -0.25) is 9.78 Å². The van der Waals surface area contributed by atoms with Crippen molar-refractivity contribution in [3.8, 4) is 5.75 Å². The Bertz CT molecular complexity index is 955. The molecule has 1 unspecified atom stereocenters. The third kappa shape index (κ3) is 6.84. The van der Waals surface area contributed by atoms with Crippen LogP contribution in [0.25, 0.3) is 0 Å². The smallest absolute Gasteiger partial charge is 0.389 e. The summed E-state index contributed by atoms with van der Waals surface area (Å²) < 4.78 is 78.4. The zero-order chi connectivity index (χ0) is 24.8. The van der Waals surface area contributed by atoms with Crippen molar-refractivity contribution in [2.45, 2.75) is 45.1 Å². The molecule has 33 heavy (non-hydrogen) atoms. The fourth-order valence-corrected chi connectivity index (χ4v) is 3.65. The summed E-state index contributed by atoms with van der Waals surface area (Å²) in [5, 5.41) is 11.8. The minimum absolute atomic E-state index is 0.0441. The molecular weight excluding hydrogens is 451 g/mol. The van der Waals surface area contributed by atoms with Crippen LogP contribution in [0.5, 0.6) is 5.75 Å². The molecule has 11 heteroatoms. The number of carbonyl (C=O) groups excluding carboxylic acids is 1. The van der Waals surface area contributed by atoms with Gasteiger partial charge in [-0.25, -0.2) is 4.39 Å². The van der Waals surface area contributed by atoms with E-state index in [9.17, 15) is 31.9 Å². The van der Waals surface area contributed by atoms with E-state index in [1.54, 1.807) is 6.92 Å². The van der Waals surface area contributed by atoms with Crippen LogP contribution in [0, 0.1) is 17.6 Å². The summed E-state index contributed by atoms with van der Waals surface area (Å²) in [5.74, 6) is -6.64. The number of aliphatic hydroxyl groups excluding tert-OH is 1. The van der Waals surface area contributed by atoms with Gasteiger partial charge in [-0.05, 0) is 31.0 Å². The molecule has 3 atom stereocenters. The summed E-state index contributed by atoms with van der Waals surface area (Å²) >= 11 is 0. The van der Waals surface area contributed by atoms with Gasteiger partial charge in [-0.1, -0.05) is 13.0 Å². The quantitative estimate of drug-likeness (QED) is 0.491. The molecular formula is C22H25F5N2O4. The molecule has 1 aromatic carbocycles. The molecule has 6 nitrogen and oxygen atoms in total. The molecule has 0 aliphatic rings. The summed E-state index contributed by atoms with van der Waals surface area (Å²) in [5.41, 5.74) is 0.348. The van der Waals surface area contributed by atoms with Crippen molar-refractivity contribution >= 4 is 11.6 Å². The highest BCUT2D eigenvalue weighted by Gasteiger charge is 2.42. The summed E-state index contributed by atoms with van der Waals surface area (Å²) in [4.78, 5) is 17.0. The Kier molecular flexibility index (Phi) is 9.12. The van der Waals surface area contributed by atoms with Gasteiger partial charge in [0.15, 0.2) is 11.6 Å². The van der Waals surface area contributed by atoms with Crippen molar-refractivity contribution in [1.29, 1.82) is 0 Å². The minimum Gasteiger partial charge on any atom is -0.493 e. The predicted octanol–water partition coefficient (Wildman–Crippen LogP) is 4.58.